The van der Waals surface area contributed by atoms with E-state index in [2.05, 4.69) is 0 Å². The molecule has 0 aliphatic carbocycles. The zero-order valence-electron chi connectivity index (χ0n) is 14.3. The Bertz CT molecular complexity index is 778. The summed E-state index contributed by atoms with van der Waals surface area (Å²) in [4.78, 5) is 0. The Kier molecular flexibility index (Phi) is 6.12. The molecule has 30 heavy (non-hydrogen) atoms. The number of hydrogen-bond acceptors (Lipinski definition) is 0. The lowest BCUT2D eigenvalue weighted by atomic mass is 9.82. The van der Waals surface area contributed by atoms with E-state index < -0.39 is 58.8 Å². The molecule has 0 aliphatic heterocycles. The molecule has 0 fully saturated rings. The van der Waals surface area contributed by atoms with Crippen molar-refractivity contribution in [3.63, 3.8) is 0 Å². The predicted octanol–water partition coefficient (Wildman–Crippen LogP) is 7.77. The maximum Gasteiger partial charge on any atom is 0.404 e. The zero-order chi connectivity index (χ0) is 23.1. The first-order chi connectivity index (χ1) is 13.5. The smallest absolute Gasteiger partial charge is 0.170 e. The lowest BCUT2D eigenvalue weighted by molar-refractivity contribution is -0.253. The van der Waals surface area contributed by atoms with E-state index in [1.54, 1.807) is 0 Å². The van der Waals surface area contributed by atoms with Crippen LogP contribution in [0.4, 0.5) is 52.7 Å². The van der Waals surface area contributed by atoms with E-state index in [1.165, 1.54) is 6.07 Å². The van der Waals surface area contributed by atoms with Crippen molar-refractivity contribution in [2.75, 3.05) is 0 Å². The summed E-state index contributed by atoms with van der Waals surface area (Å²) in [5.41, 5.74) is -5.58. The summed E-state index contributed by atoms with van der Waals surface area (Å²) in [7, 11) is 0. The normalized spacial score (nSPS) is 13.9. The highest BCUT2D eigenvalue weighted by Gasteiger charge is 2.61. The van der Waals surface area contributed by atoms with Gasteiger partial charge in [-0.05, 0) is 22.3 Å². The standard InChI is InChI=1S/C18H10F12/c19-15(20,21)13(16(22,23)24)10-7-4-8-11(12(10)9-5-2-1-3-6-9)14(17(25,26)27)18(28,29)30/h1-8,13-14H. The summed E-state index contributed by atoms with van der Waals surface area (Å²) in [6.07, 6.45) is -24.1. The summed E-state index contributed by atoms with van der Waals surface area (Å²) in [6.45, 7) is 0. The van der Waals surface area contributed by atoms with Crippen molar-refractivity contribution in [1.82, 2.24) is 0 Å². The van der Waals surface area contributed by atoms with E-state index in [4.69, 9.17) is 0 Å². The molecule has 0 N–H and O–H groups in total. The Hall–Kier alpha value is -2.40. The maximum absolute atomic E-state index is 13.2. The molecule has 0 aliphatic rings. The number of alkyl halides is 12. The van der Waals surface area contributed by atoms with Crippen LogP contribution in [0.3, 0.4) is 0 Å². The van der Waals surface area contributed by atoms with Crippen LogP contribution in [-0.2, 0) is 0 Å². The Balaban J connectivity index is 2.99. The van der Waals surface area contributed by atoms with Gasteiger partial charge in [0.2, 0.25) is 0 Å². The summed E-state index contributed by atoms with van der Waals surface area (Å²) in [5, 5.41) is 0. The average molecular weight is 454 g/mol. The van der Waals surface area contributed by atoms with Crippen LogP contribution in [0.1, 0.15) is 23.0 Å². The lowest BCUT2D eigenvalue weighted by Gasteiger charge is -2.30. The molecule has 0 unspecified atom stereocenters. The molecule has 0 nitrogen and oxygen atoms in total. The monoisotopic (exact) mass is 454 g/mol. The van der Waals surface area contributed by atoms with Gasteiger partial charge >= 0.3 is 24.7 Å². The topological polar surface area (TPSA) is 0 Å². The molecular weight excluding hydrogens is 444 g/mol. The van der Waals surface area contributed by atoms with Crippen LogP contribution in [0.5, 0.6) is 0 Å². The van der Waals surface area contributed by atoms with Crippen LogP contribution in [0.15, 0.2) is 48.5 Å². The van der Waals surface area contributed by atoms with Gasteiger partial charge in [-0.1, -0.05) is 48.5 Å². The summed E-state index contributed by atoms with van der Waals surface area (Å²) < 4.78 is 159. The minimum Gasteiger partial charge on any atom is -0.170 e. The molecule has 0 bridgehead atoms. The second kappa shape index (κ2) is 7.69. The van der Waals surface area contributed by atoms with Crippen molar-refractivity contribution >= 4 is 0 Å². The zero-order valence-corrected chi connectivity index (χ0v) is 14.3. The van der Waals surface area contributed by atoms with Gasteiger partial charge in [-0.15, -0.1) is 0 Å². The van der Waals surface area contributed by atoms with Crippen LogP contribution < -0.4 is 0 Å². The third-order valence-electron chi connectivity index (χ3n) is 4.12. The van der Waals surface area contributed by atoms with Gasteiger partial charge in [0.1, 0.15) is 0 Å². The van der Waals surface area contributed by atoms with Crippen molar-refractivity contribution in [3.8, 4) is 11.1 Å². The van der Waals surface area contributed by atoms with E-state index in [1.807, 2.05) is 0 Å². The van der Waals surface area contributed by atoms with E-state index >= 15 is 0 Å². The Morgan fingerprint density at radius 3 is 1.07 bits per heavy atom. The van der Waals surface area contributed by atoms with Crippen LogP contribution in [-0.4, -0.2) is 24.7 Å². The van der Waals surface area contributed by atoms with E-state index in [0.717, 1.165) is 24.3 Å². The first-order valence-corrected chi connectivity index (χ1v) is 7.90. The lowest BCUT2D eigenvalue weighted by Crippen LogP contribution is -2.37. The van der Waals surface area contributed by atoms with Gasteiger partial charge in [0, 0.05) is 0 Å². The average Bonchev–Trinajstić information content (AvgIpc) is 2.50. The molecule has 0 aromatic heterocycles. The fourth-order valence-electron chi connectivity index (χ4n) is 3.08. The van der Waals surface area contributed by atoms with Crippen LogP contribution >= 0.6 is 0 Å². The molecule has 0 radical (unpaired) electrons. The Morgan fingerprint density at radius 2 is 0.767 bits per heavy atom. The Morgan fingerprint density at radius 1 is 0.433 bits per heavy atom. The molecule has 0 saturated heterocycles. The van der Waals surface area contributed by atoms with E-state index in [9.17, 15) is 52.7 Å². The van der Waals surface area contributed by atoms with Gasteiger partial charge in [0.25, 0.3) is 0 Å². The molecule has 0 amide bonds. The van der Waals surface area contributed by atoms with Crippen molar-refractivity contribution in [2.24, 2.45) is 0 Å². The summed E-state index contributed by atoms with van der Waals surface area (Å²) >= 11 is 0. The van der Waals surface area contributed by atoms with Crippen molar-refractivity contribution in [1.29, 1.82) is 0 Å². The molecule has 2 aromatic carbocycles. The van der Waals surface area contributed by atoms with Gasteiger partial charge < -0.3 is 0 Å². The third-order valence-corrected chi connectivity index (χ3v) is 4.12. The summed E-state index contributed by atoms with van der Waals surface area (Å²) in [5.74, 6) is -8.58. The van der Waals surface area contributed by atoms with Gasteiger partial charge in [0.05, 0.1) is 0 Å². The molecule has 0 heterocycles. The minimum absolute atomic E-state index is 0.224. The molecule has 0 saturated carbocycles. The number of halogens is 12. The first-order valence-electron chi connectivity index (χ1n) is 7.90. The van der Waals surface area contributed by atoms with Crippen molar-refractivity contribution in [3.05, 3.63) is 59.7 Å². The van der Waals surface area contributed by atoms with Gasteiger partial charge in [-0.25, -0.2) is 0 Å². The second-order valence-electron chi connectivity index (χ2n) is 6.21. The van der Waals surface area contributed by atoms with Crippen LogP contribution in [0, 0.1) is 0 Å². The van der Waals surface area contributed by atoms with Gasteiger partial charge in [-0.2, -0.15) is 52.7 Å². The van der Waals surface area contributed by atoms with Gasteiger partial charge in [-0.3, -0.25) is 0 Å². The fraction of sp³-hybridized carbons (Fsp3) is 0.333. The molecule has 12 heteroatoms. The second-order valence-corrected chi connectivity index (χ2v) is 6.21. The highest BCUT2D eigenvalue weighted by molar-refractivity contribution is 5.73. The van der Waals surface area contributed by atoms with Crippen LogP contribution in [0.2, 0.25) is 0 Å². The molecule has 0 atom stereocenters. The number of rotatable bonds is 3. The first kappa shape index (κ1) is 23.9. The number of benzene rings is 2. The predicted molar refractivity (Wildman–Crippen MR) is 81.6 cm³/mol. The SMILES string of the molecule is FC(F)(F)C(c1cccc(C(C(F)(F)F)C(F)(F)F)c1-c1ccccc1)C(F)(F)F. The quantitative estimate of drug-likeness (QED) is 0.416. The molecule has 2 rings (SSSR count). The highest BCUT2D eigenvalue weighted by atomic mass is 19.4. The molecule has 2 aromatic rings. The van der Waals surface area contributed by atoms with Crippen molar-refractivity contribution in [2.45, 2.75) is 36.5 Å². The number of hydrogen-bond donors (Lipinski definition) is 0. The van der Waals surface area contributed by atoms with E-state index in [0.29, 0.717) is 6.07 Å². The fourth-order valence-corrected chi connectivity index (χ4v) is 3.08. The largest absolute Gasteiger partial charge is 0.404 e. The highest BCUT2D eigenvalue weighted by Crippen LogP contribution is 2.54. The maximum atomic E-state index is 13.2. The molecule has 0 spiro atoms. The Labute approximate surface area is 161 Å². The van der Waals surface area contributed by atoms with Crippen molar-refractivity contribution < 1.29 is 52.7 Å². The summed E-state index contributed by atoms with van der Waals surface area (Å²) in [6, 6.07) is 5.77. The van der Waals surface area contributed by atoms with Crippen LogP contribution in [0.25, 0.3) is 11.1 Å². The van der Waals surface area contributed by atoms with E-state index in [-0.39, 0.29) is 12.1 Å². The molecular formula is C18H10F12. The third kappa shape index (κ3) is 5.01. The van der Waals surface area contributed by atoms with Gasteiger partial charge in [0.15, 0.2) is 11.8 Å². The molecule has 166 valence electrons. The minimum atomic E-state index is -6.02.